The molecular formula is C11H14N6O2. The third-order valence-electron chi connectivity index (χ3n) is 3.11. The number of rotatable bonds is 4. The van der Waals surface area contributed by atoms with Crippen LogP contribution in [0.1, 0.15) is 6.42 Å². The third kappa shape index (κ3) is 2.34. The molecule has 1 saturated heterocycles. The van der Waals surface area contributed by atoms with Gasteiger partial charge in [-0.25, -0.2) is 15.0 Å². The zero-order valence-electron chi connectivity index (χ0n) is 10.2. The molecule has 0 unspecified atom stereocenters. The molecule has 0 aliphatic carbocycles. The highest BCUT2D eigenvalue weighted by atomic mass is 16.4. The van der Waals surface area contributed by atoms with Crippen LogP contribution in [0, 0.1) is 0 Å². The lowest BCUT2D eigenvalue weighted by atomic mass is 10.2. The number of carboxylic acid groups (broad SMARTS) is 1. The van der Waals surface area contributed by atoms with Crippen LogP contribution in [0.3, 0.4) is 0 Å². The number of hydrogen-bond donors (Lipinski definition) is 3. The summed E-state index contributed by atoms with van der Waals surface area (Å²) in [6, 6.07) is 0.322. The Labute approximate surface area is 108 Å². The average molecular weight is 262 g/mol. The molecule has 0 spiro atoms. The summed E-state index contributed by atoms with van der Waals surface area (Å²) in [6.07, 6.45) is 3.93. The summed E-state index contributed by atoms with van der Waals surface area (Å²) in [6.45, 7) is 1.72. The molecule has 3 heterocycles. The van der Waals surface area contributed by atoms with Crippen molar-refractivity contribution in [1.82, 2.24) is 24.8 Å². The van der Waals surface area contributed by atoms with Crippen molar-refractivity contribution in [3.05, 3.63) is 12.7 Å². The van der Waals surface area contributed by atoms with Crippen molar-refractivity contribution >= 4 is 23.0 Å². The number of carbonyl (C=O) groups is 1. The van der Waals surface area contributed by atoms with Gasteiger partial charge in [-0.2, -0.15) is 0 Å². The molecule has 0 amide bonds. The Hall–Kier alpha value is -2.22. The van der Waals surface area contributed by atoms with Gasteiger partial charge in [-0.05, 0) is 13.0 Å². The van der Waals surface area contributed by atoms with E-state index in [0.717, 1.165) is 19.5 Å². The summed E-state index contributed by atoms with van der Waals surface area (Å²) >= 11 is 0. The zero-order valence-corrected chi connectivity index (χ0v) is 10.2. The predicted octanol–water partition coefficient (Wildman–Crippen LogP) is -0.315. The number of nitrogens with one attached hydrogen (secondary N) is 2. The second-order valence-electron chi connectivity index (χ2n) is 4.49. The van der Waals surface area contributed by atoms with E-state index in [-0.39, 0.29) is 6.54 Å². The number of hydrogen-bond acceptors (Lipinski definition) is 6. The molecule has 8 heteroatoms. The van der Waals surface area contributed by atoms with Crippen LogP contribution < -0.4 is 10.6 Å². The van der Waals surface area contributed by atoms with E-state index >= 15 is 0 Å². The van der Waals surface area contributed by atoms with Gasteiger partial charge < -0.3 is 20.3 Å². The van der Waals surface area contributed by atoms with Crippen molar-refractivity contribution in [2.75, 3.05) is 18.4 Å². The van der Waals surface area contributed by atoms with Crippen molar-refractivity contribution in [2.24, 2.45) is 0 Å². The topological polar surface area (TPSA) is 105 Å². The van der Waals surface area contributed by atoms with E-state index < -0.39 is 5.97 Å². The molecule has 0 saturated carbocycles. The molecular weight excluding hydrogens is 248 g/mol. The summed E-state index contributed by atoms with van der Waals surface area (Å²) in [4.78, 5) is 23.3. The van der Waals surface area contributed by atoms with Gasteiger partial charge in [0.2, 0.25) is 0 Å². The van der Waals surface area contributed by atoms with Crippen LogP contribution in [0.4, 0.5) is 5.82 Å². The average Bonchev–Trinajstić information content (AvgIpc) is 3.00. The van der Waals surface area contributed by atoms with Crippen molar-refractivity contribution in [2.45, 2.75) is 19.0 Å². The molecule has 8 nitrogen and oxygen atoms in total. The van der Waals surface area contributed by atoms with Gasteiger partial charge >= 0.3 is 5.97 Å². The number of fused-ring (bicyclic) bond motifs is 1. The Morgan fingerprint density at radius 3 is 3.16 bits per heavy atom. The van der Waals surface area contributed by atoms with Crippen LogP contribution in [0.2, 0.25) is 0 Å². The second-order valence-corrected chi connectivity index (χ2v) is 4.49. The summed E-state index contributed by atoms with van der Waals surface area (Å²) in [5.41, 5.74) is 1.14. The van der Waals surface area contributed by atoms with Crippen LogP contribution in [-0.2, 0) is 11.3 Å². The van der Waals surface area contributed by atoms with E-state index in [2.05, 4.69) is 25.6 Å². The number of imidazole rings is 1. The standard InChI is InChI=1S/C11H14N6O2/c18-8(19)4-17-6-15-9-10(13-5-14-11(9)17)16-7-1-2-12-3-7/h5-7,12H,1-4H2,(H,18,19)(H,13,14,16)/t7-/m1/s1. The molecule has 19 heavy (non-hydrogen) atoms. The van der Waals surface area contributed by atoms with Crippen LogP contribution in [0.15, 0.2) is 12.7 Å². The number of aliphatic carboxylic acids is 1. The van der Waals surface area contributed by atoms with Gasteiger partial charge in [0.1, 0.15) is 18.4 Å². The molecule has 1 aliphatic heterocycles. The van der Waals surface area contributed by atoms with Crippen LogP contribution in [-0.4, -0.2) is 49.7 Å². The lowest BCUT2D eigenvalue weighted by Gasteiger charge is -2.11. The second kappa shape index (κ2) is 4.81. The quantitative estimate of drug-likeness (QED) is 0.693. The zero-order chi connectivity index (χ0) is 13.2. The summed E-state index contributed by atoms with van der Waals surface area (Å²) in [5, 5.41) is 15.4. The number of nitrogens with zero attached hydrogens (tertiary/aromatic N) is 4. The number of anilines is 1. The molecule has 0 bridgehead atoms. The largest absolute Gasteiger partial charge is 0.480 e. The van der Waals surface area contributed by atoms with Gasteiger partial charge in [-0.15, -0.1) is 0 Å². The molecule has 2 aromatic heterocycles. The fraction of sp³-hybridized carbons (Fsp3) is 0.455. The summed E-state index contributed by atoms with van der Waals surface area (Å²) in [5.74, 6) is -0.268. The Kier molecular flexibility index (Phi) is 3.00. The van der Waals surface area contributed by atoms with Gasteiger partial charge in [0.15, 0.2) is 11.5 Å². The molecule has 0 aromatic carbocycles. The molecule has 100 valence electrons. The molecule has 1 atom stereocenters. The predicted molar refractivity (Wildman–Crippen MR) is 67.9 cm³/mol. The van der Waals surface area contributed by atoms with Gasteiger partial charge in [-0.1, -0.05) is 0 Å². The first-order valence-electron chi connectivity index (χ1n) is 6.09. The highest BCUT2D eigenvalue weighted by molar-refractivity contribution is 5.83. The lowest BCUT2D eigenvalue weighted by Crippen LogP contribution is -2.23. The van der Waals surface area contributed by atoms with Gasteiger partial charge in [0, 0.05) is 12.6 Å². The molecule has 1 fully saturated rings. The maximum absolute atomic E-state index is 10.8. The smallest absolute Gasteiger partial charge is 0.323 e. The Morgan fingerprint density at radius 1 is 1.53 bits per heavy atom. The fourth-order valence-electron chi connectivity index (χ4n) is 2.22. The molecule has 2 aromatic rings. The first kappa shape index (κ1) is 11.8. The first-order chi connectivity index (χ1) is 9.24. The number of carboxylic acids is 1. The minimum absolute atomic E-state index is 0.155. The fourth-order valence-corrected chi connectivity index (χ4v) is 2.22. The van der Waals surface area contributed by atoms with Gasteiger partial charge in [-0.3, -0.25) is 4.79 Å². The third-order valence-corrected chi connectivity index (χ3v) is 3.11. The van der Waals surface area contributed by atoms with Crippen molar-refractivity contribution in [1.29, 1.82) is 0 Å². The minimum atomic E-state index is -0.924. The molecule has 1 aliphatic rings. The highest BCUT2D eigenvalue weighted by Crippen LogP contribution is 2.19. The molecule has 3 rings (SSSR count). The number of aromatic nitrogens is 4. The van der Waals surface area contributed by atoms with E-state index in [4.69, 9.17) is 5.11 Å². The minimum Gasteiger partial charge on any atom is -0.480 e. The maximum Gasteiger partial charge on any atom is 0.323 e. The normalized spacial score (nSPS) is 18.8. The highest BCUT2D eigenvalue weighted by Gasteiger charge is 2.17. The monoisotopic (exact) mass is 262 g/mol. The van der Waals surface area contributed by atoms with E-state index in [0.29, 0.717) is 23.0 Å². The first-order valence-corrected chi connectivity index (χ1v) is 6.09. The van der Waals surface area contributed by atoms with Gasteiger partial charge in [0.05, 0.1) is 6.33 Å². The molecule has 0 radical (unpaired) electrons. The lowest BCUT2D eigenvalue weighted by molar-refractivity contribution is -0.137. The SMILES string of the molecule is O=C(O)Cn1cnc2c(N[C@@H]3CCNC3)ncnc21. The Morgan fingerprint density at radius 2 is 2.42 bits per heavy atom. The van der Waals surface area contributed by atoms with Crippen molar-refractivity contribution < 1.29 is 9.90 Å². The van der Waals surface area contributed by atoms with E-state index in [1.165, 1.54) is 17.2 Å². The van der Waals surface area contributed by atoms with Crippen LogP contribution >= 0.6 is 0 Å². The van der Waals surface area contributed by atoms with E-state index in [1.54, 1.807) is 0 Å². The van der Waals surface area contributed by atoms with E-state index in [1.807, 2.05) is 0 Å². The Balaban J connectivity index is 1.92. The van der Waals surface area contributed by atoms with Crippen LogP contribution in [0.5, 0.6) is 0 Å². The summed E-state index contributed by atoms with van der Waals surface area (Å²) < 4.78 is 1.50. The summed E-state index contributed by atoms with van der Waals surface area (Å²) in [7, 11) is 0. The van der Waals surface area contributed by atoms with Gasteiger partial charge in [0.25, 0.3) is 0 Å². The Bertz CT molecular complexity index is 604. The van der Waals surface area contributed by atoms with Crippen molar-refractivity contribution in [3.8, 4) is 0 Å². The van der Waals surface area contributed by atoms with Crippen LogP contribution in [0.25, 0.3) is 11.2 Å². The maximum atomic E-state index is 10.8. The molecule has 3 N–H and O–H groups in total. The van der Waals surface area contributed by atoms with Crippen molar-refractivity contribution in [3.63, 3.8) is 0 Å². The van der Waals surface area contributed by atoms with E-state index in [9.17, 15) is 4.79 Å².